The molecule has 0 saturated heterocycles. The Morgan fingerprint density at radius 2 is 1.78 bits per heavy atom. The highest BCUT2D eigenvalue weighted by atomic mass is 79.9. The lowest BCUT2D eigenvalue weighted by Gasteiger charge is -2.11. The van der Waals surface area contributed by atoms with E-state index in [1.165, 1.54) is 0 Å². The highest BCUT2D eigenvalue weighted by Crippen LogP contribution is 2.21. The minimum absolute atomic E-state index is 0.0856. The van der Waals surface area contributed by atoms with Gasteiger partial charge in [-0.15, -0.1) is 10.2 Å². The highest BCUT2D eigenvalue weighted by molar-refractivity contribution is 9.10. The van der Waals surface area contributed by atoms with Crippen LogP contribution in [0.25, 0.3) is 16.7 Å². The first kappa shape index (κ1) is 14.6. The van der Waals surface area contributed by atoms with Crippen molar-refractivity contribution < 1.29 is 0 Å². The van der Waals surface area contributed by atoms with Gasteiger partial charge in [0, 0.05) is 4.47 Å². The van der Waals surface area contributed by atoms with Gasteiger partial charge in [0.2, 0.25) is 10.5 Å². The van der Waals surface area contributed by atoms with E-state index in [-0.39, 0.29) is 5.56 Å². The molecule has 0 fully saturated rings. The second kappa shape index (κ2) is 5.58. The van der Waals surface area contributed by atoms with E-state index in [1.807, 2.05) is 52.9 Å². The first-order valence-electron chi connectivity index (χ1n) is 6.92. The zero-order valence-corrected chi connectivity index (χ0v) is 15.0. The smallest absolute Gasteiger partial charge is 0.263 e. The summed E-state index contributed by atoms with van der Waals surface area (Å²) in [5.74, 6) is 0.514. The SMILES string of the molecule is O=c1c2cc(Br)ccc2n2c(Br)nnc2n1Cc1ccccc1. The molecule has 0 aliphatic rings. The van der Waals surface area contributed by atoms with Crippen molar-refractivity contribution in [2.24, 2.45) is 0 Å². The summed E-state index contributed by atoms with van der Waals surface area (Å²) in [5, 5.41) is 8.85. The van der Waals surface area contributed by atoms with Crippen LogP contribution in [0.2, 0.25) is 0 Å². The van der Waals surface area contributed by atoms with Crippen LogP contribution in [0.1, 0.15) is 5.56 Å². The zero-order chi connectivity index (χ0) is 16.0. The van der Waals surface area contributed by atoms with Crippen molar-refractivity contribution in [2.45, 2.75) is 6.54 Å². The molecule has 0 N–H and O–H groups in total. The molecule has 23 heavy (non-hydrogen) atoms. The molecule has 114 valence electrons. The molecular formula is C16H10Br2N4O. The van der Waals surface area contributed by atoms with Crippen molar-refractivity contribution in [3.63, 3.8) is 0 Å². The summed E-state index contributed by atoms with van der Waals surface area (Å²) in [6.07, 6.45) is 0. The zero-order valence-electron chi connectivity index (χ0n) is 11.8. The minimum atomic E-state index is -0.0856. The summed E-state index contributed by atoms with van der Waals surface area (Å²) in [4.78, 5) is 13.0. The molecule has 0 unspecified atom stereocenters. The van der Waals surface area contributed by atoms with Gasteiger partial charge in [-0.05, 0) is 39.7 Å². The van der Waals surface area contributed by atoms with Crippen molar-refractivity contribution in [3.05, 3.63) is 73.7 Å². The van der Waals surface area contributed by atoms with Gasteiger partial charge in [0.05, 0.1) is 17.4 Å². The van der Waals surface area contributed by atoms with Crippen LogP contribution in [0.5, 0.6) is 0 Å². The fourth-order valence-electron chi connectivity index (χ4n) is 2.66. The lowest BCUT2D eigenvalue weighted by molar-refractivity contribution is 0.766. The normalized spacial score (nSPS) is 11.4. The molecule has 4 aromatic rings. The van der Waals surface area contributed by atoms with E-state index in [9.17, 15) is 4.79 Å². The molecule has 0 aliphatic carbocycles. The number of hydrogen-bond acceptors (Lipinski definition) is 3. The van der Waals surface area contributed by atoms with Crippen molar-refractivity contribution in [3.8, 4) is 0 Å². The predicted molar refractivity (Wildman–Crippen MR) is 95.7 cm³/mol. The maximum absolute atomic E-state index is 13.0. The van der Waals surface area contributed by atoms with Gasteiger partial charge < -0.3 is 0 Å². The summed E-state index contributed by atoms with van der Waals surface area (Å²) in [6, 6.07) is 15.4. The van der Waals surface area contributed by atoms with Gasteiger partial charge in [-0.1, -0.05) is 46.3 Å². The number of hydrogen-bond donors (Lipinski definition) is 0. The Hall–Kier alpha value is -1.99. The molecule has 5 nitrogen and oxygen atoms in total. The molecular weight excluding hydrogens is 424 g/mol. The van der Waals surface area contributed by atoms with Gasteiger partial charge in [0.1, 0.15) is 0 Å². The molecule has 0 amide bonds. The van der Waals surface area contributed by atoms with E-state index in [2.05, 4.69) is 42.1 Å². The van der Waals surface area contributed by atoms with Crippen molar-refractivity contribution in [1.82, 2.24) is 19.2 Å². The summed E-state index contributed by atoms with van der Waals surface area (Å²) >= 11 is 6.84. The van der Waals surface area contributed by atoms with Crippen LogP contribution >= 0.6 is 31.9 Å². The molecule has 7 heteroatoms. The molecule has 2 aromatic heterocycles. The third kappa shape index (κ3) is 2.40. The van der Waals surface area contributed by atoms with E-state index in [0.29, 0.717) is 22.4 Å². The Labute approximate surface area is 147 Å². The van der Waals surface area contributed by atoms with Crippen LogP contribution in [-0.2, 0) is 6.54 Å². The largest absolute Gasteiger partial charge is 0.272 e. The average Bonchev–Trinajstić information content (AvgIpc) is 2.94. The number of fused-ring (bicyclic) bond motifs is 3. The van der Waals surface area contributed by atoms with Gasteiger partial charge >= 0.3 is 0 Å². The molecule has 0 atom stereocenters. The van der Waals surface area contributed by atoms with Gasteiger partial charge in [0.25, 0.3) is 5.56 Å². The summed E-state index contributed by atoms with van der Waals surface area (Å²) in [6.45, 7) is 0.441. The molecule has 4 rings (SSSR count). The Kier molecular flexibility index (Phi) is 3.54. The second-order valence-corrected chi connectivity index (χ2v) is 6.77. The Morgan fingerprint density at radius 1 is 1.00 bits per heavy atom. The van der Waals surface area contributed by atoms with Crippen LogP contribution in [0, 0.1) is 0 Å². The quantitative estimate of drug-likeness (QED) is 0.485. The second-order valence-electron chi connectivity index (χ2n) is 5.14. The number of aromatic nitrogens is 4. The maximum atomic E-state index is 13.0. The molecule has 0 bridgehead atoms. The van der Waals surface area contributed by atoms with E-state index < -0.39 is 0 Å². The monoisotopic (exact) mass is 432 g/mol. The van der Waals surface area contributed by atoms with Crippen LogP contribution in [0.15, 0.2) is 62.5 Å². The highest BCUT2D eigenvalue weighted by Gasteiger charge is 2.15. The number of benzene rings is 2. The van der Waals surface area contributed by atoms with E-state index in [1.54, 1.807) is 4.57 Å². The van der Waals surface area contributed by atoms with Crippen LogP contribution < -0.4 is 5.56 Å². The molecule has 0 aliphatic heterocycles. The first-order chi connectivity index (χ1) is 11.1. The van der Waals surface area contributed by atoms with Crippen LogP contribution in [-0.4, -0.2) is 19.2 Å². The minimum Gasteiger partial charge on any atom is -0.272 e. The number of halogens is 2. The Bertz CT molecular complexity index is 1090. The van der Waals surface area contributed by atoms with Crippen molar-refractivity contribution >= 4 is 48.5 Å². The maximum Gasteiger partial charge on any atom is 0.263 e. The fraction of sp³-hybridized carbons (Fsp3) is 0.0625. The number of nitrogens with zero attached hydrogens (tertiary/aromatic N) is 4. The standard InChI is InChI=1S/C16H10Br2N4O/c17-11-6-7-13-12(8-11)14(23)21(9-10-4-2-1-3-5-10)16-20-19-15(18)22(13)16/h1-8H,9H2. The fourth-order valence-corrected chi connectivity index (χ4v) is 3.45. The van der Waals surface area contributed by atoms with Crippen LogP contribution in [0.3, 0.4) is 0 Å². The first-order valence-corrected chi connectivity index (χ1v) is 8.50. The van der Waals surface area contributed by atoms with E-state index in [4.69, 9.17) is 0 Å². The molecule has 0 saturated carbocycles. The molecule has 2 heterocycles. The van der Waals surface area contributed by atoms with E-state index >= 15 is 0 Å². The third-order valence-electron chi connectivity index (χ3n) is 3.71. The third-order valence-corrected chi connectivity index (χ3v) is 4.71. The van der Waals surface area contributed by atoms with Gasteiger partial charge in [0.15, 0.2) is 0 Å². The Morgan fingerprint density at radius 3 is 2.57 bits per heavy atom. The van der Waals surface area contributed by atoms with Gasteiger partial charge in [-0.3, -0.25) is 13.8 Å². The van der Waals surface area contributed by atoms with Gasteiger partial charge in [-0.25, -0.2) is 0 Å². The molecule has 0 radical (unpaired) electrons. The van der Waals surface area contributed by atoms with Crippen molar-refractivity contribution in [1.29, 1.82) is 0 Å². The lowest BCUT2D eigenvalue weighted by atomic mass is 10.2. The average molecular weight is 434 g/mol. The summed E-state index contributed by atoms with van der Waals surface area (Å²) in [5.41, 5.74) is 1.72. The van der Waals surface area contributed by atoms with E-state index in [0.717, 1.165) is 15.6 Å². The Balaban J connectivity index is 2.09. The van der Waals surface area contributed by atoms with Crippen LogP contribution in [0.4, 0.5) is 0 Å². The van der Waals surface area contributed by atoms with Crippen molar-refractivity contribution in [2.75, 3.05) is 0 Å². The summed E-state index contributed by atoms with van der Waals surface area (Å²) < 4.78 is 4.91. The topological polar surface area (TPSA) is 52.2 Å². The summed E-state index contributed by atoms with van der Waals surface area (Å²) in [7, 11) is 0. The molecule has 2 aromatic carbocycles. The number of rotatable bonds is 2. The lowest BCUT2D eigenvalue weighted by Crippen LogP contribution is -2.24. The van der Waals surface area contributed by atoms with Gasteiger partial charge in [-0.2, -0.15) is 0 Å². The predicted octanol–water partition coefficient (Wildman–Crippen LogP) is 3.62. The molecule has 0 spiro atoms.